The van der Waals surface area contributed by atoms with Crippen molar-refractivity contribution in [3.05, 3.63) is 60.7 Å². The van der Waals surface area contributed by atoms with Gasteiger partial charge in [-0.2, -0.15) is 0 Å². The summed E-state index contributed by atoms with van der Waals surface area (Å²) in [6, 6.07) is 20.2. The molecule has 0 fully saturated rings. The average Bonchev–Trinajstić information content (AvgIpc) is 2.82. The topological polar surface area (TPSA) is 46.9 Å². The summed E-state index contributed by atoms with van der Waals surface area (Å²) in [5, 5.41) is 26.8. The van der Waals surface area contributed by atoms with Crippen LogP contribution in [0.1, 0.15) is 27.7 Å². The largest absolute Gasteiger partial charge is 0.507 e. The van der Waals surface area contributed by atoms with Crippen LogP contribution in [0.2, 0.25) is 0 Å². The average molecular weight is 429 g/mol. The van der Waals surface area contributed by atoms with Crippen LogP contribution in [0.4, 0.5) is 11.4 Å². The number of hydrogen-bond donors (Lipinski definition) is 2. The molecule has 2 N–H and O–H groups in total. The Labute approximate surface area is 190 Å². The van der Waals surface area contributed by atoms with Crippen molar-refractivity contribution in [3.8, 4) is 22.6 Å². The molecule has 0 aliphatic rings. The maximum atomic E-state index is 11.6. The number of aromatic hydroxyl groups is 2. The summed E-state index contributed by atoms with van der Waals surface area (Å²) < 4.78 is 0. The Bertz CT molecular complexity index is 1260. The van der Waals surface area contributed by atoms with Gasteiger partial charge in [-0.15, -0.1) is 0 Å². The van der Waals surface area contributed by atoms with E-state index in [1.54, 1.807) is 0 Å². The zero-order valence-electron chi connectivity index (χ0n) is 19.4. The molecule has 0 amide bonds. The molecule has 0 unspecified atom stereocenters. The monoisotopic (exact) mass is 428 g/mol. The number of hydrogen-bond acceptors (Lipinski definition) is 4. The lowest BCUT2D eigenvalue weighted by Crippen LogP contribution is -2.22. The second-order valence-corrected chi connectivity index (χ2v) is 8.03. The van der Waals surface area contributed by atoms with Crippen LogP contribution in [0, 0.1) is 0 Å². The smallest absolute Gasteiger partial charge is 0.151 e. The Hall–Kier alpha value is -3.40. The molecule has 0 radical (unpaired) electrons. The van der Waals surface area contributed by atoms with Gasteiger partial charge in [0.25, 0.3) is 0 Å². The highest BCUT2D eigenvalue weighted by Gasteiger charge is 2.24. The second kappa shape index (κ2) is 8.99. The SMILES string of the molecule is CCN(CC)c1cc(-c2c(O)c(N(CC)CC)c3ccccc3c2O)cc2ccccc12. The molecule has 0 atom stereocenters. The normalized spacial score (nSPS) is 11.2. The third-order valence-electron chi connectivity index (χ3n) is 6.45. The van der Waals surface area contributed by atoms with Gasteiger partial charge in [-0.05, 0) is 50.8 Å². The molecule has 4 nitrogen and oxygen atoms in total. The fraction of sp³-hybridized carbons (Fsp3) is 0.286. The van der Waals surface area contributed by atoms with Gasteiger partial charge < -0.3 is 20.0 Å². The van der Waals surface area contributed by atoms with E-state index in [-0.39, 0.29) is 11.5 Å². The molecule has 0 aromatic heterocycles. The Morgan fingerprint density at radius 3 is 1.81 bits per heavy atom. The van der Waals surface area contributed by atoms with E-state index in [0.717, 1.165) is 59.3 Å². The summed E-state index contributed by atoms with van der Waals surface area (Å²) in [5.74, 6) is 0.250. The van der Waals surface area contributed by atoms with Crippen LogP contribution in [0.15, 0.2) is 60.7 Å². The summed E-state index contributed by atoms with van der Waals surface area (Å²) in [7, 11) is 0. The predicted octanol–water partition coefficient (Wildman–Crippen LogP) is 6.76. The first-order chi connectivity index (χ1) is 15.5. The molecule has 0 aliphatic heterocycles. The van der Waals surface area contributed by atoms with Crippen LogP contribution in [-0.4, -0.2) is 36.4 Å². The first kappa shape index (κ1) is 21.8. The van der Waals surface area contributed by atoms with Crippen molar-refractivity contribution in [2.24, 2.45) is 0 Å². The minimum absolute atomic E-state index is 0.120. The summed E-state index contributed by atoms with van der Waals surface area (Å²) in [6.07, 6.45) is 0. The van der Waals surface area contributed by atoms with Crippen LogP contribution in [0.25, 0.3) is 32.7 Å². The zero-order valence-corrected chi connectivity index (χ0v) is 19.4. The summed E-state index contributed by atoms with van der Waals surface area (Å²) in [6.45, 7) is 11.7. The van der Waals surface area contributed by atoms with E-state index in [2.05, 4.69) is 67.8 Å². The molecule has 0 saturated heterocycles. The van der Waals surface area contributed by atoms with Crippen molar-refractivity contribution >= 4 is 32.9 Å². The minimum atomic E-state index is 0.120. The van der Waals surface area contributed by atoms with E-state index in [1.165, 1.54) is 5.39 Å². The van der Waals surface area contributed by atoms with Crippen molar-refractivity contribution in [1.82, 2.24) is 0 Å². The lowest BCUT2D eigenvalue weighted by molar-refractivity contribution is 0.458. The highest BCUT2D eigenvalue weighted by Crippen LogP contribution is 2.51. The molecule has 0 heterocycles. The zero-order chi connectivity index (χ0) is 22.8. The Morgan fingerprint density at radius 1 is 0.625 bits per heavy atom. The lowest BCUT2D eigenvalue weighted by Gasteiger charge is -2.27. The van der Waals surface area contributed by atoms with Crippen LogP contribution < -0.4 is 9.80 Å². The minimum Gasteiger partial charge on any atom is -0.507 e. The quantitative estimate of drug-likeness (QED) is 0.341. The van der Waals surface area contributed by atoms with Crippen molar-refractivity contribution in [1.29, 1.82) is 0 Å². The van der Waals surface area contributed by atoms with Gasteiger partial charge in [-0.3, -0.25) is 0 Å². The highest BCUT2D eigenvalue weighted by molar-refractivity contribution is 6.09. The molecule has 4 aromatic carbocycles. The van der Waals surface area contributed by atoms with Crippen molar-refractivity contribution in [2.75, 3.05) is 36.0 Å². The molecular formula is C28H32N2O2. The maximum Gasteiger partial charge on any atom is 0.151 e. The van der Waals surface area contributed by atoms with Crippen molar-refractivity contribution in [3.63, 3.8) is 0 Å². The van der Waals surface area contributed by atoms with E-state index in [4.69, 9.17) is 0 Å². The molecule has 4 heteroatoms. The number of phenolic OH excluding ortho intramolecular Hbond substituents is 2. The standard InChI is InChI=1S/C28H32N2O2/c1-5-29(6-2)24-18-20(17-19-13-9-10-14-21(19)24)25-27(31)23-16-12-11-15-22(23)26(28(25)32)30(7-3)8-4/h9-18,31-32H,5-8H2,1-4H3. The third kappa shape index (κ3) is 3.50. The molecule has 0 spiro atoms. The molecule has 32 heavy (non-hydrogen) atoms. The van der Waals surface area contributed by atoms with Crippen LogP contribution in [0.5, 0.6) is 11.5 Å². The van der Waals surface area contributed by atoms with Crippen LogP contribution in [-0.2, 0) is 0 Å². The molecule has 0 saturated carbocycles. The van der Waals surface area contributed by atoms with Crippen LogP contribution >= 0.6 is 0 Å². The molecule has 166 valence electrons. The molecule has 0 aliphatic carbocycles. The van der Waals surface area contributed by atoms with Gasteiger partial charge in [0, 0.05) is 48.0 Å². The van der Waals surface area contributed by atoms with E-state index in [0.29, 0.717) is 5.56 Å². The number of anilines is 2. The first-order valence-corrected chi connectivity index (χ1v) is 11.5. The summed E-state index contributed by atoms with van der Waals surface area (Å²) >= 11 is 0. The third-order valence-corrected chi connectivity index (χ3v) is 6.45. The fourth-order valence-electron chi connectivity index (χ4n) is 4.78. The van der Waals surface area contributed by atoms with Gasteiger partial charge in [0.15, 0.2) is 5.75 Å². The highest BCUT2D eigenvalue weighted by atomic mass is 16.3. The molecule has 0 bridgehead atoms. The van der Waals surface area contributed by atoms with Gasteiger partial charge in [0.1, 0.15) is 5.75 Å². The molecule has 4 aromatic rings. The molecular weight excluding hydrogens is 396 g/mol. The number of benzene rings is 4. The number of phenols is 2. The van der Waals surface area contributed by atoms with Gasteiger partial charge in [0.2, 0.25) is 0 Å². The van der Waals surface area contributed by atoms with E-state index >= 15 is 0 Å². The number of nitrogens with zero attached hydrogens (tertiary/aromatic N) is 2. The first-order valence-electron chi connectivity index (χ1n) is 11.5. The van der Waals surface area contributed by atoms with E-state index in [9.17, 15) is 10.2 Å². The Morgan fingerprint density at radius 2 is 1.19 bits per heavy atom. The Balaban J connectivity index is 2.10. The fourth-order valence-corrected chi connectivity index (χ4v) is 4.78. The van der Waals surface area contributed by atoms with Crippen molar-refractivity contribution in [2.45, 2.75) is 27.7 Å². The van der Waals surface area contributed by atoms with Gasteiger partial charge in [-0.1, -0.05) is 48.5 Å². The Kier molecular flexibility index (Phi) is 6.13. The van der Waals surface area contributed by atoms with Gasteiger partial charge in [-0.25, -0.2) is 0 Å². The predicted molar refractivity (Wildman–Crippen MR) is 137 cm³/mol. The second-order valence-electron chi connectivity index (χ2n) is 8.03. The van der Waals surface area contributed by atoms with Crippen LogP contribution in [0.3, 0.4) is 0 Å². The van der Waals surface area contributed by atoms with Gasteiger partial charge in [0.05, 0.1) is 11.3 Å². The summed E-state index contributed by atoms with van der Waals surface area (Å²) in [4.78, 5) is 4.46. The van der Waals surface area contributed by atoms with E-state index in [1.807, 2.05) is 30.3 Å². The van der Waals surface area contributed by atoms with E-state index < -0.39 is 0 Å². The number of rotatable bonds is 7. The molecule has 4 rings (SSSR count). The lowest BCUT2D eigenvalue weighted by atomic mass is 9.93. The summed E-state index contributed by atoms with van der Waals surface area (Å²) in [5.41, 5.74) is 3.19. The van der Waals surface area contributed by atoms with Gasteiger partial charge >= 0.3 is 0 Å². The van der Waals surface area contributed by atoms with Crippen molar-refractivity contribution < 1.29 is 10.2 Å². The number of fused-ring (bicyclic) bond motifs is 2. The maximum absolute atomic E-state index is 11.6.